The van der Waals surface area contributed by atoms with Gasteiger partial charge >= 0.3 is 0 Å². The summed E-state index contributed by atoms with van der Waals surface area (Å²) in [5, 5.41) is 4.75. The molecule has 332 valence electrons. The third-order valence-corrected chi connectivity index (χ3v) is 14.7. The fourth-order valence-electron chi connectivity index (χ4n) is 11.0. The maximum absolute atomic E-state index is 6.55. The van der Waals surface area contributed by atoms with Crippen LogP contribution in [0.4, 0.5) is 34.1 Å². The van der Waals surface area contributed by atoms with Gasteiger partial charge in [-0.05, 0) is 120 Å². The van der Waals surface area contributed by atoms with Gasteiger partial charge in [0.05, 0.1) is 5.69 Å². The molecule has 0 amide bonds. The van der Waals surface area contributed by atoms with E-state index in [1.807, 2.05) is 6.07 Å². The molecule has 1 aromatic heterocycles. The van der Waals surface area contributed by atoms with Crippen molar-refractivity contribution in [3.63, 3.8) is 0 Å². The second kappa shape index (κ2) is 15.1. The molecule has 0 radical (unpaired) electrons. The Morgan fingerprint density at radius 2 is 0.941 bits per heavy atom. The second-order valence-electron chi connectivity index (χ2n) is 22.2. The molecule has 0 saturated carbocycles. The molecular formula is C64H57BN2O. The van der Waals surface area contributed by atoms with Gasteiger partial charge in [-0.15, -0.1) is 0 Å². The summed E-state index contributed by atoms with van der Waals surface area (Å²) < 4.78 is 6.55. The molecule has 0 fully saturated rings. The molecule has 3 nitrogen and oxygen atoms in total. The third-order valence-electron chi connectivity index (χ3n) is 14.7. The van der Waals surface area contributed by atoms with Crippen LogP contribution >= 0.6 is 0 Å². The number of rotatable bonds is 4. The zero-order valence-corrected chi connectivity index (χ0v) is 40.7. The summed E-state index contributed by atoms with van der Waals surface area (Å²) in [7, 11) is 0. The Labute approximate surface area is 401 Å². The Morgan fingerprint density at radius 3 is 1.66 bits per heavy atom. The molecule has 4 heteroatoms. The molecule has 0 atom stereocenters. The minimum absolute atomic E-state index is 0.00246. The lowest BCUT2D eigenvalue weighted by molar-refractivity contribution is 0.589. The topological polar surface area (TPSA) is 19.6 Å². The maximum Gasteiger partial charge on any atom is 0.252 e. The van der Waals surface area contributed by atoms with Gasteiger partial charge in [0.2, 0.25) is 0 Å². The Kier molecular flexibility index (Phi) is 9.35. The molecule has 0 unspecified atom stereocenters. The van der Waals surface area contributed by atoms with E-state index in [1.54, 1.807) is 0 Å². The lowest BCUT2D eigenvalue weighted by Gasteiger charge is -2.46. The van der Waals surface area contributed by atoms with Crippen LogP contribution in [0.15, 0.2) is 186 Å². The summed E-state index contributed by atoms with van der Waals surface area (Å²) in [6, 6.07) is 68.2. The summed E-state index contributed by atoms with van der Waals surface area (Å²) in [5.74, 6) is 0. The lowest BCUT2D eigenvalue weighted by atomic mass is 9.33. The normalized spacial score (nSPS) is 13.6. The lowest BCUT2D eigenvalue weighted by Crippen LogP contribution is -2.61. The largest absolute Gasteiger partial charge is 0.455 e. The quantitative estimate of drug-likeness (QED) is 0.164. The fourth-order valence-corrected chi connectivity index (χ4v) is 11.0. The molecule has 0 aliphatic carbocycles. The highest BCUT2D eigenvalue weighted by Gasteiger charge is 2.45. The van der Waals surface area contributed by atoms with Crippen molar-refractivity contribution in [1.29, 1.82) is 0 Å². The molecule has 2 aliphatic rings. The summed E-state index contributed by atoms with van der Waals surface area (Å²) in [4.78, 5) is 5.18. The van der Waals surface area contributed by atoms with E-state index < -0.39 is 0 Å². The summed E-state index contributed by atoms with van der Waals surface area (Å²) in [6.07, 6.45) is 0. The van der Waals surface area contributed by atoms with Gasteiger partial charge < -0.3 is 14.2 Å². The van der Waals surface area contributed by atoms with Crippen molar-refractivity contribution in [2.45, 2.75) is 78.6 Å². The zero-order valence-electron chi connectivity index (χ0n) is 40.7. The fraction of sp³-hybridized carbons (Fsp3) is 0.188. The first kappa shape index (κ1) is 42.1. The first-order valence-corrected chi connectivity index (χ1v) is 24.3. The van der Waals surface area contributed by atoms with Gasteiger partial charge in [-0.2, -0.15) is 0 Å². The van der Waals surface area contributed by atoms with Crippen LogP contribution in [0, 0.1) is 0 Å². The number of hydrogen-bond donors (Lipinski definition) is 0. The number of benzene rings is 9. The molecular weight excluding hydrogens is 824 g/mol. The van der Waals surface area contributed by atoms with E-state index in [9.17, 15) is 0 Å². The van der Waals surface area contributed by atoms with E-state index in [4.69, 9.17) is 4.42 Å². The molecule has 12 rings (SSSR count). The highest BCUT2D eigenvalue weighted by molar-refractivity contribution is 7.00. The van der Waals surface area contributed by atoms with E-state index in [1.165, 1.54) is 83.4 Å². The Hall–Kier alpha value is -7.30. The van der Waals surface area contributed by atoms with Crippen LogP contribution in [0.3, 0.4) is 0 Å². The van der Waals surface area contributed by atoms with E-state index in [0.717, 1.165) is 38.8 Å². The third kappa shape index (κ3) is 6.63. The van der Waals surface area contributed by atoms with Gasteiger partial charge in [0.1, 0.15) is 11.2 Å². The molecule has 68 heavy (non-hydrogen) atoms. The van der Waals surface area contributed by atoms with E-state index >= 15 is 0 Å². The smallest absolute Gasteiger partial charge is 0.252 e. The SMILES string of the molecule is CC(C)(C)c1ccc2c(c1)B1c3ccc(C(C)(C)C)cc3N(c3ccc(-c4ccccc4)c4ccccc34)c3cc(C(C)(C)C)cc(c31)N2c1ccc(-c2cccc3c2oc2ccccc23)cc1. The van der Waals surface area contributed by atoms with Crippen molar-refractivity contribution < 1.29 is 4.42 Å². The predicted molar refractivity (Wildman–Crippen MR) is 292 cm³/mol. The minimum atomic E-state index is -0.142. The summed E-state index contributed by atoms with van der Waals surface area (Å²) in [5.41, 5.74) is 21.5. The molecule has 0 N–H and O–H groups in total. The van der Waals surface area contributed by atoms with Crippen molar-refractivity contribution >= 4 is 89.9 Å². The maximum atomic E-state index is 6.55. The summed E-state index contributed by atoms with van der Waals surface area (Å²) >= 11 is 0. The molecule has 9 aromatic carbocycles. The van der Waals surface area contributed by atoms with Gasteiger partial charge in [0.25, 0.3) is 6.71 Å². The molecule has 0 spiro atoms. The number of furan rings is 1. The highest BCUT2D eigenvalue weighted by Crippen LogP contribution is 2.49. The van der Waals surface area contributed by atoms with Crippen LogP contribution in [0.5, 0.6) is 0 Å². The monoisotopic (exact) mass is 880 g/mol. The minimum Gasteiger partial charge on any atom is -0.455 e. The van der Waals surface area contributed by atoms with Crippen molar-refractivity contribution in [2.75, 3.05) is 9.80 Å². The highest BCUT2D eigenvalue weighted by atomic mass is 16.3. The van der Waals surface area contributed by atoms with Crippen molar-refractivity contribution in [3.05, 3.63) is 199 Å². The van der Waals surface area contributed by atoms with E-state index in [0.29, 0.717) is 0 Å². The van der Waals surface area contributed by atoms with Crippen LogP contribution in [0.1, 0.15) is 79.0 Å². The molecule has 0 bridgehead atoms. The average molecular weight is 881 g/mol. The summed E-state index contributed by atoms with van der Waals surface area (Å²) in [6.45, 7) is 21.1. The van der Waals surface area contributed by atoms with Crippen LogP contribution in [0.25, 0.3) is 55.0 Å². The van der Waals surface area contributed by atoms with Gasteiger partial charge in [0.15, 0.2) is 0 Å². The van der Waals surface area contributed by atoms with Gasteiger partial charge in [0, 0.05) is 50.2 Å². The number of para-hydroxylation sites is 2. The number of anilines is 6. The Morgan fingerprint density at radius 1 is 0.368 bits per heavy atom. The van der Waals surface area contributed by atoms with Crippen molar-refractivity contribution in [2.24, 2.45) is 0 Å². The number of hydrogen-bond acceptors (Lipinski definition) is 3. The van der Waals surface area contributed by atoms with Gasteiger partial charge in [-0.3, -0.25) is 0 Å². The zero-order chi connectivity index (χ0) is 46.9. The molecule has 0 saturated heterocycles. The van der Waals surface area contributed by atoms with Crippen LogP contribution < -0.4 is 26.2 Å². The van der Waals surface area contributed by atoms with Crippen LogP contribution in [-0.2, 0) is 16.2 Å². The van der Waals surface area contributed by atoms with E-state index in [2.05, 4.69) is 248 Å². The molecule has 3 heterocycles. The second-order valence-corrected chi connectivity index (χ2v) is 22.2. The number of nitrogens with zero attached hydrogens (tertiary/aromatic N) is 2. The van der Waals surface area contributed by atoms with Crippen molar-refractivity contribution in [1.82, 2.24) is 0 Å². The standard InChI is InChI=1S/C64H57BN2O/c1-62(2,3)42-29-34-55-53(36-42)65-52-33-28-43(63(4,5)6)37-56(52)67(54-35-32-46(40-18-11-10-12-19-40)48-20-13-14-21-49(48)54)58-39-44(64(7,8)9)38-57(60(58)65)66(55)45-30-26-41(27-31-45)47-23-17-24-51-50-22-15-16-25-59(50)68-61(47)51/h10-39H,1-9H3. The number of fused-ring (bicyclic) bond motifs is 8. The van der Waals surface area contributed by atoms with Crippen molar-refractivity contribution in [3.8, 4) is 22.3 Å². The first-order chi connectivity index (χ1) is 32.6. The predicted octanol–water partition coefficient (Wildman–Crippen LogP) is 16.0. The first-order valence-electron chi connectivity index (χ1n) is 24.3. The van der Waals surface area contributed by atoms with Crippen LogP contribution in [0.2, 0.25) is 0 Å². The molecule has 2 aliphatic heterocycles. The average Bonchev–Trinajstić information content (AvgIpc) is 3.72. The van der Waals surface area contributed by atoms with Crippen LogP contribution in [-0.4, -0.2) is 6.71 Å². The Bertz CT molecular complexity index is 3640. The van der Waals surface area contributed by atoms with E-state index in [-0.39, 0.29) is 23.0 Å². The van der Waals surface area contributed by atoms with Gasteiger partial charge in [-0.25, -0.2) is 0 Å². The van der Waals surface area contributed by atoms with Gasteiger partial charge in [-0.1, -0.05) is 196 Å². The molecule has 10 aromatic rings. The Balaban J connectivity index is 1.14.